The summed E-state index contributed by atoms with van der Waals surface area (Å²) in [6.07, 6.45) is 4.57. The van der Waals surface area contributed by atoms with Crippen molar-refractivity contribution in [3.8, 4) is 0 Å². The number of hydrogen-bond donors (Lipinski definition) is 2. The molecule has 1 aromatic heterocycles. The Balaban J connectivity index is 1.43. The van der Waals surface area contributed by atoms with Crippen molar-refractivity contribution in [2.24, 2.45) is 5.92 Å². The summed E-state index contributed by atoms with van der Waals surface area (Å²) in [6, 6.07) is 8.17. The number of rotatable bonds is 7. The maximum atomic E-state index is 12.2. The molecule has 1 amide bonds. The van der Waals surface area contributed by atoms with Gasteiger partial charge in [0.2, 0.25) is 5.91 Å². The van der Waals surface area contributed by atoms with E-state index in [1.165, 1.54) is 10.9 Å². The van der Waals surface area contributed by atoms with E-state index in [1.54, 1.807) is 0 Å². The molecule has 1 saturated heterocycles. The van der Waals surface area contributed by atoms with Gasteiger partial charge in [-0.25, -0.2) is 0 Å². The largest absolute Gasteiger partial charge is 0.466 e. The minimum atomic E-state index is -0.142. The Kier molecular flexibility index (Phi) is 6.28. The molecule has 0 radical (unpaired) electrons. The van der Waals surface area contributed by atoms with Crippen molar-refractivity contribution in [3.63, 3.8) is 0 Å². The molecule has 2 heterocycles. The molecule has 1 aliphatic rings. The van der Waals surface area contributed by atoms with E-state index in [9.17, 15) is 9.59 Å². The zero-order valence-electron chi connectivity index (χ0n) is 15.3. The van der Waals surface area contributed by atoms with E-state index in [4.69, 9.17) is 4.74 Å². The number of carbonyl (C=O) groups is 2. The molecular weight excluding hydrogens is 330 g/mol. The number of esters is 1. The van der Waals surface area contributed by atoms with Crippen LogP contribution in [-0.4, -0.2) is 54.5 Å². The van der Waals surface area contributed by atoms with E-state index in [0.717, 1.165) is 31.3 Å². The van der Waals surface area contributed by atoms with Gasteiger partial charge in [-0.15, -0.1) is 0 Å². The number of likely N-dealkylation sites (tertiary alicyclic amines) is 1. The number of para-hydroxylation sites is 1. The van der Waals surface area contributed by atoms with Crippen molar-refractivity contribution in [1.29, 1.82) is 0 Å². The van der Waals surface area contributed by atoms with Gasteiger partial charge in [-0.3, -0.25) is 14.5 Å². The predicted octanol–water partition coefficient (Wildman–Crippen LogP) is 2.10. The summed E-state index contributed by atoms with van der Waals surface area (Å²) >= 11 is 0. The number of carbonyl (C=O) groups excluding carboxylic acids is 2. The number of nitrogens with zero attached hydrogens (tertiary/aromatic N) is 1. The lowest BCUT2D eigenvalue weighted by Gasteiger charge is -2.30. The molecule has 1 aromatic carbocycles. The number of aromatic nitrogens is 1. The summed E-state index contributed by atoms with van der Waals surface area (Å²) in [6.45, 7) is 4.63. The molecule has 26 heavy (non-hydrogen) atoms. The fourth-order valence-electron chi connectivity index (χ4n) is 3.59. The van der Waals surface area contributed by atoms with E-state index in [2.05, 4.69) is 16.4 Å². The first-order valence-corrected chi connectivity index (χ1v) is 9.38. The molecule has 0 saturated carbocycles. The second kappa shape index (κ2) is 8.85. The lowest BCUT2D eigenvalue weighted by atomic mass is 9.98. The molecule has 6 heteroatoms. The average molecular weight is 357 g/mol. The predicted molar refractivity (Wildman–Crippen MR) is 101 cm³/mol. The van der Waals surface area contributed by atoms with Crippen LogP contribution in [0.25, 0.3) is 10.9 Å². The first kappa shape index (κ1) is 18.5. The zero-order valence-corrected chi connectivity index (χ0v) is 15.3. The Morgan fingerprint density at radius 1 is 1.35 bits per heavy atom. The second-order valence-electron chi connectivity index (χ2n) is 6.79. The first-order chi connectivity index (χ1) is 12.7. The van der Waals surface area contributed by atoms with Crippen LogP contribution in [-0.2, 0) is 20.7 Å². The van der Waals surface area contributed by atoms with E-state index in [1.807, 2.05) is 36.2 Å². The first-order valence-electron chi connectivity index (χ1n) is 9.38. The smallest absolute Gasteiger partial charge is 0.310 e. The molecule has 0 aliphatic carbocycles. The summed E-state index contributed by atoms with van der Waals surface area (Å²) in [4.78, 5) is 29.4. The highest BCUT2D eigenvalue weighted by atomic mass is 16.5. The lowest BCUT2D eigenvalue weighted by molar-refractivity contribution is -0.150. The number of piperidine rings is 1. The van der Waals surface area contributed by atoms with Gasteiger partial charge in [-0.2, -0.15) is 0 Å². The van der Waals surface area contributed by atoms with Gasteiger partial charge < -0.3 is 15.0 Å². The third kappa shape index (κ3) is 4.64. The summed E-state index contributed by atoms with van der Waals surface area (Å²) in [5.41, 5.74) is 2.33. The summed E-state index contributed by atoms with van der Waals surface area (Å²) in [5.74, 6) is -0.242. The number of ether oxygens (including phenoxy) is 1. The highest BCUT2D eigenvalue weighted by Crippen LogP contribution is 2.18. The minimum Gasteiger partial charge on any atom is -0.466 e. The Labute approximate surface area is 153 Å². The molecule has 1 aliphatic heterocycles. The molecule has 2 aromatic rings. The molecule has 1 fully saturated rings. The highest BCUT2D eigenvalue weighted by Gasteiger charge is 2.27. The summed E-state index contributed by atoms with van der Waals surface area (Å²) < 4.78 is 5.11. The summed E-state index contributed by atoms with van der Waals surface area (Å²) in [5, 5.41) is 4.20. The Morgan fingerprint density at radius 2 is 2.19 bits per heavy atom. The van der Waals surface area contributed by atoms with Crippen LogP contribution in [0.3, 0.4) is 0 Å². The number of fused-ring (bicyclic) bond motifs is 1. The van der Waals surface area contributed by atoms with Crippen LogP contribution in [0.15, 0.2) is 30.5 Å². The van der Waals surface area contributed by atoms with Gasteiger partial charge in [0.1, 0.15) is 0 Å². The highest BCUT2D eigenvalue weighted by molar-refractivity contribution is 5.83. The molecule has 6 nitrogen and oxygen atoms in total. The van der Waals surface area contributed by atoms with E-state index in [-0.39, 0.29) is 17.8 Å². The van der Waals surface area contributed by atoms with Crippen LogP contribution < -0.4 is 5.32 Å². The van der Waals surface area contributed by atoms with Crippen LogP contribution in [0.1, 0.15) is 25.3 Å². The number of H-pyrrole nitrogens is 1. The normalized spacial score (nSPS) is 18.0. The van der Waals surface area contributed by atoms with Gasteiger partial charge in [0.05, 0.1) is 19.1 Å². The molecule has 1 atom stereocenters. The molecule has 140 valence electrons. The van der Waals surface area contributed by atoms with Crippen molar-refractivity contribution in [1.82, 2.24) is 15.2 Å². The molecule has 0 spiro atoms. The maximum Gasteiger partial charge on any atom is 0.310 e. The Bertz CT molecular complexity index is 756. The van der Waals surface area contributed by atoms with Crippen molar-refractivity contribution < 1.29 is 14.3 Å². The van der Waals surface area contributed by atoms with E-state index >= 15 is 0 Å². The standard InChI is InChI=1S/C20H27N3O3/c1-2-26-20(25)16-6-5-11-23(13-16)14-19(24)21-10-9-15-12-22-18-8-4-3-7-17(15)18/h3-4,7-8,12,16,22H,2,5-6,9-11,13-14H2,1H3,(H,21,24)/t16-/m0/s1. The quantitative estimate of drug-likeness (QED) is 0.744. The van der Waals surface area contributed by atoms with Gasteiger partial charge in [-0.05, 0) is 44.4 Å². The zero-order chi connectivity index (χ0) is 18.4. The maximum absolute atomic E-state index is 12.2. The third-order valence-corrected chi connectivity index (χ3v) is 4.88. The van der Waals surface area contributed by atoms with Gasteiger partial charge in [0, 0.05) is 30.2 Å². The molecule has 3 rings (SSSR count). The number of benzene rings is 1. The van der Waals surface area contributed by atoms with Crippen LogP contribution >= 0.6 is 0 Å². The number of amides is 1. The van der Waals surface area contributed by atoms with Crippen LogP contribution in [0.5, 0.6) is 0 Å². The van der Waals surface area contributed by atoms with E-state index < -0.39 is 0 Å². The second-order valence-corrected chi connectivity index (χ2v) is 6.79. The van der Waals surface area contributed by atoms with Gasteiger partial charge in [-0.1, -0.05) is 18.2 Å². The van der Waals surface area contributed by atoms with Gasteiger partial charge in [0.25, 0.3) is 0 Å². The topological polar surface area (TPSA) is 74.4 Å². The van der Waals surface area contributed by atoms with E-state index in [0.29, 0.717) is 26.2 Å². The fourth-order valence-corrected chi connectivity index (χ4v) is 3.59. The van der Waals surface area contributed by atoms with Crippen LogP contribution in [0.2, 0.25) is 0 Å². The molecule has 0 unspecified atom stereocenters. The van der Waals surface area contributed by atoms with Crippen molar-refractivity contribution in [3.05, 3.63) is 36.0 Å². The molecular formula is C20H27N3O3. The SMILES string of the molecule is CCOC(=O)[C@H]1CCCN(CC(=O)NCCc2c[nH]c3ccccc23)C1. The van der Waals surface area contributed by atoms with Crippen LogP contribution in [0.4, 0.5) is 0 Å². The molecule has 0 bridgehead atoms. The minimum absolute atomic E-state index is 0.00866. The number of aromatic amines is 1. The number of nitrogens with one attached hydrogen (secondary N) is 2. The third-order valence-electron chi connectivity index (χ3n) is 4.88. The monoisotopic (exact) mass is 357 g/mol. The number of hydrogen-bond acceptors (Lipinski definition) is 4. The van der Waals surface area contributed by atoms with Gasteiger partial charge >= 0.3 is 5.97 Å². The van der Waals surface area contributed by atoms with Crippen molar-refractivity contribution in [2.45, 2.75) is 26.2 Å². The summed E-state index contributed by atoms with van der Waals surface area (Å²) in [7, 11) is 0. The Morgan fingerprint density at radius 3 is 3.04 bits per heavy atom. The van der Waals surface area contributed by atoms with Crippen molar-refractivity contribution in [2.75, 3.05) is 32.8 Å². The fraction of sp³-hybridized carbons (Fsp3) is 0.500. The lowest BCUT2D eigenvalue weighted by Crippen LogP contribution is -2.44. The average Bonchev–Trinajstić information content (AvgIpc) is 3.05. The van der Waals surface area contributed by atoms with Crippen LogP contribution in [0, 0.1) is 5.92 Å². The van der Waals surface area contributed by atoms with Crippen molar-refractivity contribution >= 4 is 22.8 Å². The van der Waals surface area contributed by atoms with Gasteiger partial charge in [0.15, 0.2) is 0 Å². The Hall–Kier alpha value is -2.34. The molecule has 2 N–H and O–H groups in total.